The number of hydrogen-bond donors (Lipinski definition) is 1. The summed E-state index contributed by atoms with van der Waals surface area (Å²) in [4.78, 5) is 28.4. The second-order valence-corrected chi connectivity index (χ2v) is 8.18. The second-order valence-electron chi connectivity index (χ2n) is 6.74. The van der Waals surface area contributed by atoms with Gasteiger partial charge >= 0.3 is 0 Å². The van der Waals surface area contributed by atoms with Gasteiger partial charge in [-0.25, -0.2) is 0 Å². The van der Waals surface area contributed by atoms with Crippen molar-refractivity contribution in [2.75, 3.05) is 6.54 Å². The molecule has 0 spiro atoms. The highest BCUT2D eigenvalue weighted by atomic mass is 35.5. The Morgan fingerprint density at radius 1 is 1.32 bits per heavy atom. The molecular weight excluding hydrogens is 356 g/mol. The zero-order valence-electron chi connectivity index (χ0n) is 13.7. The number of amides is 2. The highest BCUT2D eigenvalue weighted by Crippen LogP contribution is 2.45. The van der Waals surface area contributed by atoms with Gasteiger partial charge in [-0.15, -0.1) is 11.3 Å². The molecule has 2 aromatic rings. The second kappa shape index (κ2) is 6.46. The molecule has 25 heavy (non-hydrogen) atoms. The lowest BCUT2D eigenvalue weighted by atomic mass is 9.76. The van der Waals surface area contributed by atoms with Crippen molar-refractivity contribution < 1.29 is 9.59 Å². The third-order valence-electron chi connectivity index (χ3n) is 5.30. The van der Waals surface area contributed by atoms with Crippen LogP contribution in [0.5, 0.6) is 0 Å². The van der Waals surface area contributed by atoms with Gasteiger partial charge in [-0.1, -0.05) is 35.9 Å². The molecule has 2 aliphatic rings. The van der Waals surface area contributed by atoms with Crippen LogP contribution in [0.25, 0.3) is 0 Å². The number of benzene rings is 1. The largest absolute Gasteiger partial charge is 0.350 e. The van der Waals surface area contributed by atoms with Crippen LogP contribution in [0, 0.1) is 0 Å². The minimum absolute atomic E-state index is 0.0452. The van der Waals surface area contributed by atoms with Crippen molar-refractivity contribution in [3.8, 4) is 0 Å². The predicted octanol–water partition coefficient (Wildman–Crippen LogP) is 3.35. The molecule has 4 nitrogen and oxygen atoms in total. The highest BCUT2D eigenvalue weighted by Gasteiger charge is 2.54. The van der Waals surface area contributed by atoms with Gasteiger partial charge in [0.25, 0.3) is 0 Å². The molecule has 2 saturated heterocycles. The van der Waals surface area contributed by atoms with E-state index in [1.54, 1.807) is 11.3 Å². The fourth-order valence-electron chi connectivity index (χ4n) is 4.06. The summed E-state index contributed by atoms with van der Waals surface area (Å²) in [5, 5.41) is 5.65. The molecule has 4 rings (SSSR count). The number of hydrogen-bond acceptors (Lipinski definition) is 3. The van der Waals surface area contributed by atoms with Crippen LogP contribution in [0.15, 0.2) is 41.8 Å². The molecule has 0 radical (unpaired) electrons. The molecule has 2 aliphatic heterocycles. The fraction of sp³-hybridized carbons (Fsp3) is 0.368. The van der Waals surface area contributed by atoms with E-state index in [4.69, 9.17) is 11.6 Å². The molecule has 6 heteroatoms. The van der Waals surface area contributed by atoms with Gasteiger partial charge in [0.2, 0.25) is 11.8 Å². The van der Waals surface area contributed by atoms with Gasteiger partial charge in [-0.2, -0.15) is 0 Å². The Balaban J connectivity index is 1.66. The van der Waals surface area contributed by atoms with Gasteiger partial charge in [-0.05, 0) is 35.9 Å². The zero-order chi connectivity index (χ0) is 17.4. The lowest BCUT2D eigenvalue weighted by Crippen LogP contribution is -2.47. The van der Waals surface area contributed by atoms with Gasteiger partial charge in [0.15, 0.2) is 0 Å². The third-order valence-corrected chi connectivity index (χ3v) is 6.51. The summed E-state index contributed by atoms with van der Waals surface area (Å²) < 4.78 is 0. The minimum atomic E-state index is -0.768. The van der Waals surface area contributed by atoms with Crippen LogP contribution in [0.3, 0.4) is 0 Å². The Labute approximate surface area is 155 Å². The summed E-state index contributed by atoms with van der Waals surface area (Å²) in [6, 6.07) is 11.6. The van der Waals surface area contributed by atoms with E-state index in [1.807, 2.05) is 46.7 Å². The number of rotatable bonds is 4. The summed E-state index contributed by atoms with van der Waals surface area (Å²) in [7, 11) is 0. The smallest absolute Gasteiger partial charge is 0.232 e. The SMILES string of the molecule is O=C1CC[C@H]2C[C@@](C(=O)NCc3cccs3)(c3ccccc3Cl)CN12. The maximum absolute atomic E-state index is 13.2. The van der Waals surface area contributed by atoms with Gasteiger partial charge in [-0.3, -0.25) is 9.59 Å². The number of nitrogens with zero attached hydrogens (tertiary/aromatic N) is 1. The lowest BCUT2D eigenvalue weighted by Gasteiger charge is -2.29. The first-order valence-corrected chi connectivity index (χ1v) is 9.71. The fourth-order valence-corrected chi connectivity index (χ4v) is 5.02. The topological polar surface area (TPSA) is 49.4 Å². The van der Waals surface area contributed by atoms with Crippen molar-refractivity contribution in [2.24, 2.45) is 0 Å². The first-order valence-electron chi connectivity index (χ1n) is 8.45. The molecule has 0 saturated carbocycles. The first-order chi connectivity index (χ1) is 12.1. The Morgan fingerprint density at radius 3 is 2.88 bits per heavy atom. The molecule has 0 unspecified atom stereocenters. The molecule has 2 fully saturated rings. The molecule has 2 amide bonds. The average Bonchev–Trinajstić information content (AvgIpc) is 3.32. The van der Waals surface area contributed by atoms with E-state index in [2.05, 4.69) is 5.32 Å². The van der Waals surface area contributed by atoms with E-state index < -0.39 is 5.41 Å². The molecule has 1 aromatic heterocycles. The van der Waals surface area contributed by atoms with Crippen LogP contribution in [-0.2, 0) is 21.5 Å². The van der Waals surface area contributed by atoms with Crippen molar-refractivity contribution in [1.82, 2.24) is 10.2 Å². The van der Waals surface area contributed by atoms with E-state index >= 15 is 0 Å². The average molecular weight is 375 g/mol. The summed E-state index contributed by atoms with van der Waals surface area (Å²) in [6.07, 6.45) is 2.04. The quantitative estimate of drug-likeness (QED) is 0.892. The van der Waals surface area contributed by atoms with Gasteiger partial charge in [0.05, 0.1) is 12.0 Å². The Bertz CT molecular complexity index is 808. The van der Waals surface area contributed by atoms with Gasteiger partial charge < -0.3 is 10.2 Å². The zero-order valence-corrected chi connectivity index (χ0v) is 15.3. The molecular formula is C19H19ClN2O2S. The first kappa shape index (κ1) is 16.6. The monoisotopic (exact) mass is 374 g/mol. The molecule has 2 atom stereocenters. The minimum Gasteiger partial charge on any atom is -0.350 e. The Morgan fingerprint density at radius 2 is 2.16 bits per heavy atom. The maximum atomic E-state index is 13.2. The molecule has 0 bridgehead atoms. The van der Waals surface area contributed by atoms with Crippen LogP contribution < -0.4 is 5.32 Å². The van der Waals surface area contributed by atoms with Crippen molar-refractivity contribution >= 4 is 34.8 Å². The molecule has 1 N–H and O–H groups in total. The molecule has 130 valence electrons. The van der Waals surface area contributed by atoms with E-state index in [0.717, 1.165) is 16.9 Å². The molecule has 1 aromatic carbocycles. The van der Waals surface area contributed by atoms with E-state index in [-0.39, 0.29) is 17.9 Å². The summed E-state index contributed by atoms with van der Waals surface area (Å²) in [5.74, 6) is 0.0983. The molecule has 0 aliphatic carbocycles. The van der Waals surface area contributed by atoms with Gasteiger partial charge in [0.1, 0.15) is 0 Å². The summed E-state index contributed by atoms with van der Waals surface area (Å²) in [5.41, 5.74) is 0.0543. The van der Waals surface area contributed by atoms with Crippen LogP contribution in [0.4, 0.5) is 0 Å². The third kappa shape index (κ3) is 2.85. The van der Waals surface area contributed by atoms with E-state index in [0.29, 0.717) is 31.0 Å². The van der Waals surface area contributed by atoms with Crippen molar-refractivity contribution in [2.45, 2.75) is 37.3 Å². The number of thiophene rings is 1. The van der Waals surface area contributed by atoms with E-state index in [9.17, 15) is 9.59 Å². The molecule has 3 heterocycles. The number of carbonyl (C=O) groups excluding carboxylic acids is 2. The summed E-state index contributed by atoms with van der Waals surface area (Å²) >= 11 is 8.07. The highest BCUT2D eigenvalue weighted by molar-refractivity contribution is 7.09. The number of nitrogens with one attached hydrogen (secondary N) is 1. The number of halogens is 1. The van der Waals surface area contributed by atoms with Crippen molar-refractivity contribution in [1.29, 1.82) is 0 Å². The predicted molar refractivity (Wildman–Crippen MR) is 98.6 cm³/mol. The normalized spacial score (nSPS) is 25.2. The van der Waals surface area contributed by atoms with Gasteiger partial charge in [0, 0.05) is 28.9 Å². The Hall–Kier alpha value is -1.85. The van der Waals surface area contributed by atoms with Crippen LogP contribution in [0.2, 0.25) is 5.02 Å². The maximum Gasteiger partial charge on any atom is 0.232 e. The van der Waals surface area contributed by atoms with Crippen LogP contribution in [0.1, 0.15) is 29.7 Å². The standard InChI is InChI=1S/C19H19ClN2O2S/c20-16-6-2-1-5-15(16)19(10-13-7-8-17(23)22(13)12-19)18(24)21-11-14-4-3-9-25-14/h1-6,9,13H,7-8,10-12H2,(H,21,24)/t13-,19-/m0/s1. The van der Waals surface area contributed by atoms with Crippen LogP contribution in [-0.4, -0.2) is 29.3 Å². The van der Waals surface area contributed by atoms with Crippen LogP contribution >= 0.6 is 22.9 Å². The van der Waals surface area contributed by atoms with E-state index in [1.165, 1.54) is 0 Å². The van der Waals surface area contributed by atoms with Crippen molar-refractivity contribution in [3.63, 3.8) is 0 Å². The number of carbonyl (C=O) groups is 2. The lowest BCUT2D eigenvalue weighted by molar-refractivity contribution is -0.129. The van der Waals surface area contributed by atoms with Crippen molar-refractivity contribution in [3.05, 3.63) is 57.2 Å². The number of fused-ring (bicyclic) bond motifs is 1. The Kier molecular flexibility index (Phi) is 4.29. The summed E-state index contributed by atoms with van der Waals surface area (Å²) in [6.45, 7) is 0.915.